The number of hydrogen-bond acceptors (Lipinski definition) is 6. The molecule has 0 saturated heterocycles. The molecule has 6 nitrogen and oxygen atoms in total. The molecule has 2 aliphatic rings. The second-order valence-electron chi connectivity index (χ2n) is 9.76. The van der Waals surface area contributed by atoms with Crippen LogP contribution in [0, 0.1) is 23.2 Å². The monoisotopic (exact) mass is 478 g/mol. The molecule has 2 atom stereocenters. The molecule has 0 spiro atoms. The van der Waals surface area contributed by atoms with E-state index in [2.05, 4.69) is 26.0 Å². The highest BCUT2D eigenvalue weighted by Gasteiger charge is 2.36. The summed E-state index contributed by atoms with van der Waals surface area (Å²) in [5.41, 5.74) is 6.43. The van der Waals surface area contributed by atoms with Gasteiger partial charge >= 0.3 is 0 Å². The van der Waals surface area contributed by atoms with E-state index in [1.165, 1.54) is 37.6 Å². The molecular weight excluding hydrogens is 448 g/mol. The fraction of sp³-hybridized carbons (Fsp3) is 0.625. The van der Waals surface area contributed by atoms with Crippen LogP contribution in [0.25, 0.3) is 0 Å². The van der Waals surface area contributed by atoms with Gasteiger partial charge in [0.15, 0.2) is 11.6 Å². The van der Waals surface area contributed by atoms with Crippen LogP contribution in [0.3, 0.4) is 0 Å². The normalized spacial score (nSPS) is 19.1. The van der Waals surface area contributed by atoms with Crippen LogP contribution in [-0.2, 0) is 10.8 Å². The van der Waals surface area contributed by atoms with E-state index < -0.39 is 29.9 Å². The molecule has 184 valence electrons. The van der Waals surface area contributed by atoms with Crippen molar-refractivity contribution in [2.75, 3.05) is 6.54 Å². The number of alkyl halides is 4. The number of aromatic nitrogens is 4. The third-order valence-corrected chi connectivity index (χ3v) is 6.60. The lowest BCUT2D eigenvalue weighted by atomic mass is 9.79. The molecule has 0 amide bonds. The molecule has 0 aliphatic heterocycles. The van der Waals surface area contributed by atoms with Crippen molar-refractivity contribution in [3.63, 3.8) is 0 Å². The number of hydrogen-bond donors (Lipinski definition) is 1. The van der Waals surface area contributed by atoms with Crippen molar-refractivity contribution in [2.45, 2.75) is 76.1 Å². The second kappa shape index (κ2) is 10.7. The number of nitrogens with zero attached hydrogens (tertiary/aromatic N) is 5. The van der Waals surface area contributed by atoms with Gasteiger partial charge in [-0.3, -0.25) is 0 Å². The molecule has 2 saturated carbocycles. The van der Waals surface area contributed by atoms with E-state index in [0.29, 0.717) is 18.0 Å². The van der Waals surface area contributed by atoms with Crippen LogP contribution < -0.4 is 5.73 Å². The van der Waals surface area contributed by atoms with Crippen molar-refractivity contribution < 1.29 is 17.6 Å². The summed E-state index contributed by atoms with van der Waals surface area (Å²) < 4.78 is 49.3. The first-order valence-corrected chi connectivity index (χ1v) is 11.4. The van der Waals surface area contributed by atoms with Crippen LogP contribution in [0.2, 0.25) is 0 Å². The van der Waals surface area contributed by atoms with E-state index in [4.69, 9.17) is 5.73 Å². The maximum atomic E-state index is 12.3. The maximum Gasteiger partial charge on any atom is 0.297 e. The molecule has 0 radical (unpaired) electrons. The minimum absolute atomic E-state index is 0.193. The molecular formula is C24H30F4N6. The van der Waals surface area contributed by atoms with Crippen molar-refractivity contribution in [1.82, 2.24) is 19.9 Å². The zero-order chi connectivity index (χ0) is 24.9. The van der Waals surface area contributed by atoms with Gasteiger partial charge in [-0.2, -0.15) is 5.26 Å². The lowest BCUT2D eigenvalue weighted by molar-refractivity contribution is 0.139. The Morgan fingerprint density at radius 3 is 1.62 bits per heavy atom. The molecule has 10 heteroatoms. The average molecular weight is 479 g/mol. The first-order valence-electron chi connectivity index (χ1n) is 11.4. The van der Waals surface area contributed by atoms with Crippen molar-refractivity contribution in [3.8, 4) is 6.07 Å². The van der Waals surface area contributed by atoms with E-state index in [1.807, 2.05) is 13.8 Å². The topological polar surface area (TPSA) is 101 Å². The minimum atomic E-state index is -2.67. The molecule has 34 heavy (non-hydrogen) atoms. The van der Waals surface area contributed by atoms with Gasteiger partial charge in [0.2, 0.25) is 0 Å². The molecule has 4 rings (SSSR count). The van der Waals surface area contributed by atoms with E-state index in [-0.39, 0.29) is 5.41 Å². The molecule has 2 heterocycles. The minimum Gasteiger partial charge on any atom is -0.330 e. The quantitative estimate of drug-likeness (QED) is 0.483. The fourth-order valence-corrected chi connectivity index (χ4v) is 3.90. The van der Waals surface area contributed by atoms with Gasteiger partial charge in [0.1, 0.15) is 0 Å². The largest absolute Gasteiger partial charge is 0.330 e. The van der Waals surface area contributed by atoms with Crippen molar-refractivity contribution >= 4 is 0 Å². The van der Waals surface area contributed by atoms with Crippen LogP contribution in [0.4, 0.5) is 17.6 Å². The van der Waals surface area contributed by atoms with Gasteiger partial charge in [-0.25, -0.2) is 37.5 Å². The summed E-state index contributed by atoms with van der Waals surface area (Å²) in [5, 5.41) is 9.24. The van der Waals surface area contributed by atoms with Gasteiger partial charge in [0.25, 0.3) is 12.9 Å². The molecule has 0 bridgehead atoms. The summed E-state index contributed by atoms with van der Waals surface area (Å²) >= 11 is 0. The smallest absolute Gasteiger partial charge is 0.297 e. The SMILES string of the molecule is CC(C#N)(CC1CC1)c1cnc(C(F)F)nc1.CC(CN)(CC1CC1)c1cnc(C(F)F)nc1. The van der Waals surface area contributed by atoms with E-state index >= 15 is 0 Å². The van der Waals surface area contributed by atoms with Gasteiger partial charge in [-0.1, -0.05) is 32.6 Å². The highest BCUT2D eigenvalue weighted by molar-refractivity contribution is 5.27. The fourth-order valence-electron chi connectivity index (χ4n) is 3.90. The molecule has 0 aromatic carbocycles. The number of rotatable bonds is 9. The number of halogens is 4. The lowest BCUT2D eigenvalue weighted by Gasteiger charge is -2.28. The average Bonchev–Trinajstić information content (AvgIpc) is 3.77. The highest BCUT2D eigenvalue weighted by atomic mass is 19.3. The Morgan fingerprint density at radius 1 is 0.853 bits per heavy atom. The zero-order valence-electron chi connectivity index (χ0n) is 19.4. The number of nitrogens with two attached hydrogens (primary N) is 1. The molecule has 2 unspecified atom stereocenters. The van der Waals surface area contributed by atoms with Gasteiger partial charge in [-0.05, 0) is 37.2 Å². The highest BCUT2D eigenvalue weighted by Crippen LogP contribution is 2.42. The summed E-state index contributed by atoms with van der Waals surface area (Å²) in [6, 6.07) is 2.25. The molecule has 2 aromatic heterocycles. The summed E-state index contributed by atoms with van der Waals surface area (Å²) in [4.78, 5) is 14.6. The van der Waals surface area contributed by atoms with Crippen LogP contribution in [0.15, 0.2) is 24.8 Å². The Bertz CT molecular complexity index is 970. The van der Waals surface area contributed by atoms with E-state index in [0.717, 1.165) is 37.2 Å². The first kappa shape index (κ1) is 25.9. The summed E-state index contributed by atoms with van der Waals surface area (Å²) in [6.45, 7) is 4.35. The number of nitriles is 1. The predicted molar refractivity (Wildman–Crippen MR) is 118 cm³/mol. The third-order valence-electron chi connectivity index (χ3n) is 6.60. The van der Waals surface area contributed by atoms with Gasteiger partial charge in [0, 0.05) is 42.3 Å². The summed E-state index contributed by atoms with van der Waals surface area (Å²) in [6.07, 6.45) is 6.91. The lowest BCUT2D eigenvalue weighted by Crippen LogP contribution is -2.32. The zero-order valence-corrected chi connectivity index (χ0v) is 19.4. The van der Waals surface area contributed by atoms with Gasteiger partial charge in [0.05, 0.1) is 11.5 Å². The Labute approximate surface area is 197 Å². The standard InChI is InChI=1S/C12H17F2N3.C12H13F2N3/c2*1-12(7-15,4-8-2-3-8)9-5-16-11(10(13)14)17-6-9/h5-6,8,10H,2-4,7,15H2,1H3;5-6,8,10H,2-4H2,1H3. The molecule has 2 N–H and O–H groups in total. The Hall–Kier alpha value is -2.67. The van der Waals surface area contributed by atoms with Crippen molar-refractivity contribution in [2.24, 2.45) is 17.6 Å². The van der Waals surface area contributed by atoms with Crippen molar-refractivity contribution in [1.29, 1.82) is 5.26 Å². The van der Waals surface area contributed by atoms with Crippen LogP contribution in [0.5, 0.6) is 0 Å². The molecule has 2 fully saturated rings. The summed E-state index contributed by atoms with van der Waals surface area (Å²) in [5.74, 6) is 0.396. The summed E-state index contributed by atoms with van der Waals surface area (Å²) in [7, 11) is 0. The van der Waals surface area contributed by atoms with E-state index in [9.17, 15) is 22.8 Å². The van der Waals surface area contributed by atoms with E-state index in [1.54, 1.807) is 0 Å². The molecule has 2 aliphatic carbocycles. The Balaban J connectivity index is 0.000000191. The predicted octanol–water partition coefficient (Wildman–Crippen LogP) is 5.43. The van der Waals surface area contributed by atoms with Gasteiger partial charge < -0.3 is 5.73 Å². The first-order chi connectivity index (χ1) is 16.1. The van der Waals surface area contributed by atoms with Crippen molar-refractivity contribution in [3.05, 3.63) is 47.6 Å². The van der Waals surface area contributed by atoms with Crippen LogP contribution >= 0.6 is 0 Å². The third kappa shape index (κ3) is 6.69. The molecule has 2 aromatic rings. The Morgan fingerprint density at radius 2 is 1.26 bits per heavy atom. The maximum absolute atomic E-state index is 12.3. The van der Waals surface area contributed by atoms with Crippen LogP contribution in [0.1, 0.15) is 88.0 Å². The second-order valence-corrected chi connectivity index (χ2v) is 9.76. The Kier molecular flexibility index (Phi) is 8.18. The van der Waals surface area contributed by atoms with Crippen LogP contribution in [-0.4, -0.2) is 26.5 Å². The van der Waals surface area contributed by atoms with Gasteiger partial charge in [-0.15, -0.1) is 0 Å².